The molecule has 1 aromatic heterocycles. The Labute approximate surface area is 146 Å². The third kappa shape index (κ3) is 2.62. The summed E-state index contributed by atoms with van der Waals surface area (Å²) in [5.41, 5.74) is 1.04. The first-order chi connectivity index (χ1) is 11.6. The molecule has 3 aromatic rings. The van der Waals surface area contributed by atoms with Gasteiger partial charge in [0.1, 0.15) is 0 Å². The van der Waals surface area contributed by atoms with Crippen molar-refractivity contribution in [3.05, 3.63) is 63.2 Å². The van der Waals surface area contributed by atoms with Gasteiger partial charge >= 0.3 is 0 Å². The number of hydrogen-bond donors (Lipinski definition) is 1. The van der Waals surface area contributed by atoms with E-state index in [1.165, 1.54) is 0 Å². The summed E-state index contributed by atoms with van der Waals surface area (Å²) in [6.45, 7) is 0.134. The number of nitrogens with one attached hydrogen (secondary N) is 1. The first-order valence-corrected chi connectivity index (χ1v) is 7.83. The van der Waals surface area contributed by atoms with E-state index in [4.69, 9.17) is 32.7 Å². The molecule has 120 valence electrons. The van der Waals surface area contributed by atoms with Crippen molar-refractivity contribution in [2.75, 3.05) is 6.79 Å². The molecule has 24 heavy (non-hydrogen) atoms. The van der Waals surface area contributed by atoms with E-state index < -0.39 is 0 Å². The van der Waals surface area contributed by atoms with E-state index in [9.17, 15) is 4.79 Å². The zero-order valence-corrected chi connectivity index (χ0v) is 13.7. The molecule has 0 fully saturated rings. The van der Waals surface area contributed by atoms with Gasteiger partial charge in [-0.05, 0) is 35.9 Å². The molecule has 0 saturated carbocycles. The van der Waals surface area contributed by atoms with Gasteiger partial charge in [-0.25, -0.2) is 4.98 Å². The van der Waals surface area contributed by atoms with Crippen LogP contribution in [0, 0.1) is 0 Å². The Morgan fingerprint density at radius 3 is 2.96 bits per heavy atom. The van der Waals surface area contributed by atoms with E-state index in [0.29, 0.717) is 33.0 Å². The number of benzene rings is 2. The number of hydrogen-bond acceptors (Lipinski definition) is 4. The van der Waals surface area contributed by atoms with Crippen molar-refractivity contribution in [1.82, 2.24) is 9.97 Å². The Bertz CT molecular complexity index is 1040. The first-order valence-electron chi connectivity index (χ1n) is 7.07. The number of aromatic amines is 1. The second kappa shape index (κ2) is 5.85. The third-order valence-electron chi connectivity index (χ3n) is 3.58. The highest BCUT2D eigenvalue weighted by Crippen LogP contribution is 2.40. The van der Waals surface area contributed by atoms with Gasteiger partial charge in [-0.2, -0.15) is 0 Å². The lowest BCUT2D eigenvalue weighted by Crippen LogP contribution is -2.10. The average Bonchev–Trinajstić information content (AvgIpc) is 3.04. The molecule has 2 heterocycles. The Morgan fingerprint density at radius 2 is 2.08 bits per heavy atom. The summed E-state index contributed by atoms with van der Waals surface area (Å²) < 4.78 is 10.6. The summed E-state index contributed by atoms with van der Waals surface area (Å²) in [5, 5.41) is 1.23. The SMILES string of the molecule is O=c1[nH]c(/C(Cl)=C/c2cc(Cl)c3c(c2)OCO3)nc2ccccc12. The first kappa shape index (κ1) is 15.1. The Morgan fingerprint density at radius 1 is 1.25 bits per heavy atom. The summed E-state index contributed by atoms with van der Waals surface area (Å²) in [7, 11) is 0. The quantitative estimate of drug-likeness (QED) is 0.748. The molecule has 0 aliphatic carbocycles. The van der Waals surface area contributed by atoms with Crippen molar-refractivity contribution >= 4 is 45.2 Å². The van der Waals surface area contributed by atoms with Crippen LogP contribution in [0.15, 0.2) is 41.2 Å². The number of halogens is 2. The third-order valence-corrected chi connectivity index (χ3v) is 4.15. The smallest absolute Gasteiger partial charge is 0.259 e. The summed E-state index contributed by atoms with van der Waals surface area (Å²) in [6, 6.07) is 10.5. The molecule has 0 atom stereocenters. The Hall–Kier alpha value is -2.50. The molecule has 0 spiro atoms. The van der Waals surface area contributed by atoms with E-state index in [0.717, 1.165) is 0 Å². The molecular formula is C17H10Cl2N2O3. The van der Waals surface area contributed by atoms with Gasteiger partial charge < -0.3 is 14.5 Å². The zero-order chi connectivity index (χ0) is 16.7. The molecule has 0 unspecified atom stereocenters. The van der Waals surface area contributed by atoms with E-state index >= 15 is 0 Å². The number of H-pyrrole nitrogens is 1. The maximum Gasteiger partial charge on any atom is 0.259 e. The maximum absolute atomic E-state index is 12.1. The zero-order valence-electron chi connectivity index (χ0n) is 12.2. The van der Waals surface area contributed by atoms with Crippen LogP contribution in [-0.4, -0.2) is 16.8 Å². The molecule has 1 N–H and O–H groups in total. The molecule has 0 amide bonds. The van der Waals surface area contributed by atoms with E-state index in [1.807, 2.05) is 6.07 Å². The van der Waals surface area contributed by atoms with Gasteiger partial charge in [0.2, 0.25) is 6.79 Å². The van der Waals surface area contributed by atoms with Crippen LogP contribution in [0.25, 0.3) is 22.0 Å². The number of fused-ring (bicyclic) bond motifs is 2. The lowest BCUT2D eigenvalue weighted by atomic mass is 10.2. The van der Waals surface area contributed by atoms with Gasteiger partial charge in [-0.15, -0.1) is 0 Å². The van der Waals surface area contributed by atoms with E-state index in [-0.39, 0.29) is 23.2 Å². The van der Waals surface area contributed by atoms with Crippen LogP contribution in [0.4, 0.5) is 0 Å². The largest absolute Gasteiger partial charge is 0.454 e. The molecule has 1 aliphatic heterocycles. The Kier molecular flexibility index (Phi) is 3.67. The van der Waals surface area contributed by atoms with Crippen molar-refractivity contribution in [3.8, 4) is 11.5 Å². The van der Waals surface area contributed by atoms with Crippen molar-refractivity contribution in [2.24, 2.45) is 0 Å². The second-order valence-corrected chi connectivity index (χ2v) is 5.97. The molecule has 5 nitrogen and oxygen atoms in total. The number of rotatable bonds is 2. The van der Waals surface area contributed by atoms with Crippen molar-refractivity contribution in [1.29, 1.82) is 0 Å². The number of para-hydroxylation sites is 1. The molecule has 2 aromatic carbocycles. The van der Waals surface area contributed by atoms with Gasteiger partial charge in [-0.3, -0.25) is 4.79 Å². The fourth-order valence-corrected chi connectivity index (χ4v) is 2.97. The fraction of sp³-hybridized carbons (Fsp3) is 0.0588. The molecule has 0 radical (unpaired) electrons. The molecule has 1 aliphatic rings. The highest BCUT2D eigenvalue weighted by molar-refractivity contribution is 6.50. The molecular weight excluding hydrogens is 351 g/mol. The maximum atomic E-state index is 12.1. The average molecular weight is 361 g/mol. The van der Waals surface area contributed by atoms with E-state index in [1.54, 1.807) is 36.4 Å². The summed E-state index contributed by atoms with van der Waals surface area (Å²) in [4.78, 5) is 19.2. The molecule has 0 saturated heterocycles. The minimum atomic E-state index is -0.245. The number of ether oxygens (including phenoxy) is 2. The topological polar surface area (TPSA) is 64.2 Å². The Balaban J connectivity index is 1.79. The van der Waals surface area contributed by atoms with Crippen LogP contribution in [0.1, 0.15) is 11.4 Å². The summed E-state index contributed by atoms with van der Waals surface area (Å²) in [5.74, 6) is 1.36. The minimum absolute atomic E-state index is 0.134. The highest BCUT2D eigenvalue weighted by atomic mass is 35.5. The van der Waals surface area contributed by atoms with Crippen LogP contribution in [-0.2, 0) is 0 Å². The van der Waals surface area contributed by atoms with Gasteiger partial charge in [0.25, 0.3) is 5.56 Å². The number of aromatic nitrogens is 2. The van der Waals surface area contributed by atoms with Crippen molar-refractivity contribution in [3.63, 3.8) is 0 Å². The molecule has 0 bridgehead atoms. The standard InChI is InChI=1S/C17H10Cl2N2O3/c18-11-5-9(7-14-15(11)24-8-23-14)6-12(19)16-20-13-4-2-1-3-10(13)17(22)21-16/h1-7H,8H2,(H,20,21,22)/b12-6-. The lowest BCUT2D eigenvalue weighted by molar-refractivity contribution is 0.174. The number of nitrogens with zero attached hydrogens (tertiary/aromatic N) is 1. The van der Waals surface area contributed by atoms with E-state index in [2.05, 4.69) is 9.97 Å². The van der Waals surface area contributed by atoms with Gasteiger partial charge in [0.15, 0.2) is 17.3 Å². The summed E-state index contributed by atoms with van der Waals surface area (Å²) >= 11 is 12.5. The predicted octanol–water partition coefficient (Wildman–Crippen LogP) is 4.04. The van der Waals surface area contributed by atoms with Crippen molar-refractivity contribution < 1.29 is 9.47 Å². The fourth-order valence-electron chi connectivity index (χ4n) is 2.48. The van der Waals surface area contributed by atoms with Gasteiger partial charge in [0.05, 0.1) is 21.0 Å². The van der Waals surface area contributed by atoms with Crippen molar-refractivity contribution in [2.45, 2.75) is 0 Å². The normalized spacial score (nSPS) is 13.5. The van der Waals surface area contributed by atoms with Crippen LogP contribution >= 0.6 is 23.2 Å². The second-order valence-electron chi connectivity index (χ2n) is 5.16. The van der Waals surface area contributed by atoms with Crippen LogP contribution in [0.2, 0.25) is 5.02 Å². The van der Waals surface area contributed by atoms with Gasteiger partial charge in [-0.1, -0.05) is 35.3 Å². The molecule has 4 rings (SSSR count). The predicted molar refractivity (Wildman–Crippen MR) is 93.7 cm³/mol. The summed E-state index contributed by atoms with van der Waals surface area (Å²) in [6.07, 6.45) is 1.66. The molecule has 7 heteroatoms. The van der Waals surface area contributed by atoms with Crippen LogP contribution < -0.4 is 15.0 Å². The lowest BCUT2D eigenvalue weighted by Gasteiger charge is -2.04. The van der Waals surface area contributed by atoms with Crippen LogP contribution in [0.3, 0.4) is 0 Å². The monoisotopic (exact) mass is 360 g/mol. The minimum Gasteiger partial charge on any atom is -0.454 e. The van der Waals surface area contributed by atoms with Gasteiger partial charge in [0, 0.05) is 0 Å². The van der Waals surface area contributed by atoms with Crippen LogP contribution in [0.5, 0.6) is 11.5 Å². The highest BCUT2D eigenvalue weighted by Gasteiger charge is 2.18.